The highest BCUT2D eigenvalue weighted by molar-refractivity contribution is 5.83. The average Bonchev–Trinajstić information content (AvgIpc) is 3.23. The van der Waals surface area contributed by atoms with Crippen LogP contribution in [0, 0.1) is 5.92 Å². The van der Waals surface area contributed by atoms with Gasteiger partial charge >= 0.3 is 0 Å². The molecule has 24 heavy (non-hydrogen) atoms. The van der Waals surface area contributed by atoms with Crippen LogP contribution in [0.15, 0.2) is 30.3 Å². The summed E-state index contributed by atoms with van der Waals surface area (Å²) in [5.41, 5.74) is 2.47. The van der Waals surface area contributed by atoms with Crippen LogP contribution in [0.3, 0.4) is 0 Å². The molecule has 1 aliphatic heterocycles. The maximum Gasteiger partial charge on any atom is 0.226 e. The SMILES string of the molecule is Cn1c(CN(CCN2CCCC2)C(=O)C2CC2)cc2ccccc21. The number of benzene rings is 1. The Bertz CT molecular complexity index is 726. The zero-order valence-corrected chi connectivity index (χ0v) is 14.6. The Hall–Kier alpha value is -1.81. The van der Waals surface area contributed by atoms with Gasteiger partial charge in [0.05, 0.1) is 6.54 Å². The van der Waals surface area contributed by atoms with Gasteiger partial charge in [-0.2, -0.15) is 0 Å². The number of likely N-dealkylation sites (tertiary alicyclic amines) is 1. The number of carbonyl (C=O) groups excluding carboxylic acids is 1. The van der Waals surface area contributed by atoms with Crippen molar-refractivity contribution in [2.45, 2.75) is 32.2 Å². The van der Waals surface area contributed by atoms with E-state index in [2.05, 4.69) is 51.7 Å². The summed E-state index contributed by atoms with van der Waals surface area (Å²) in [4.78, 5) is 17.3. The van der Waals surface area contributed by atoms with Crippen LogP contribution >= 0.6 is 0 Å². The van der Waals surface area contributed by atoms with Gasteiger partial charge in [-0.1, -0.05) is 18.2 Å². The molecule has 0 unspecified atom stereocenters. The highest BCUT2D eigenvalue weighted by Gasteiger charge is 2.33. The van der Waals surface area contributed by atoms with Gasteiger partial charge in [0.25, 0.3) is 0 Å². The summed E-state index contributed by atoms with van der Waals surface area (Å²) in [5, 5.41) is 1.26. The third kappa shape index (κ3) is 3.20. The Labute approximate surface area is 144 Å². The van der Waals surface area contributed by atoms with Crippen LogP contribution < -0.4 is 0 Å². The highest BCUT2D eigenvalue weighted by atomic mass is 16.2. The van der Waals surface area contributed by atoms with Gasteiger partial charge in [0.1, 0.15) is 0 Å². The summed E-state index contributed by atoms with van der Waals surface area (Å²) in [6.45, 7) is 4.99. The van der Waals surface area contributed by atoms with Gasteiger partial charge in [-0.3, -0.25) is 4.79 Å². The van der Waals surface area contributed by atoms with E-state index < -0.39 is 0 Å². The molecule has 1 aromatic heterocycles. The molecule has 4 heteroatoms. The summed E-state index contributed by atoms with van der Waals surface area (Å²) in [7, 11) is 2.11. The number of hydrogen-bond acceptors (Lipinski definition) is 2. The zero-order chi connectivity index (χ0) is 16.5. The molecule has 0 atom stereocenters. The molecule has 2 aliphatic rings. The van der Waals surface area contributed by atoms with Crippen LogP contribution in [0.1, 0.15) is 31.4 Å². The summed E-state index contributed by atoms with van der Waals surface area (Å²) in [6.07, 6.45) is 4.77. The molecule has 2 heterocycles. The third-order valence-corrected chi connectivity index (χ3v) is 5.53. The Morgan fingerprint density at radius 2 is 1.96 bits per heavy atom. The van der Waals surface area contributed by atoms with E-state index in [-0.39, 0.29) is 0 Å². The van der Waals surface area contributed by atoms with Crippen molar-refractivity contribution in [2.24, 2.45) is 13.0 Å². The maximum absolute atomic E-state index is 12.7. The number of aryl methyl sites for hydroxylation is 1. The first kappa shape index (κ1) is 15.7. The van der Waals surface area contributed by atoms with Crippen molar-refractivity contribution in [3.8, 4) is 0 Å². The van der Waals surface area contributed by atoms with E-state index in [0.717, 1.165) is 32.5 Å². The molecule has 2 aromatic rings. The molecule has 1 saturated carbocycles. The summed E-state index contributed by atoms with van der Waals surface area (Å²) < 4.78 is 2.23. The molecular weight excluding hydrogens is 298 g/mol. The number of para-hydroxylation sites is 1. The van der Waals surface area contributed by atoms with Crippen molar-refractivity contribution in [3.05, 3.63) is 36.0 Å². The first-order valence-electron chi connectivity index (χ1n) is 9.27. The van der Waals surface area contributed by atoms with Crippen molar-refractivity contribution in [1.29, 1.82) is 0 Å². The number of nitrogens with zero attached hydrogens (tertiary/aromatic N) is 3. The van der Waals surface area contributed by atoms with Crippen LogP contribution in [0.2, 0.25) is 0 Å². The van der Waals surface area contributed by atoms with E-state index in [1.807, 2.05) is 0 Å². The number of fused-ring (bicyclic) bond motifs is 1. The molecule has 4 rings (SSSR count). The minimum absolute atomic E-state index is 0.290. The molecule has 1 amide bonds. The molecule has 0 spiro atoms. The zero-order valence-electron chi connectivity index (χ0n) is 14.6. The van der Waals surface area contributed by atoms with Crippen LogP contribution in [-0.4, -0.2) is 46.5 Å². The molecule has 128 valence electrons. The lowest BCUT2D eigenvalue weighted by Crippen LogP contribution is -2.38. The van der Waals surface area contributed by atoms with Crippen LogP contribution in [-0.2, 0) is 18.4 Å². The van der Waals surface area contributed by atoms with Crippen LogP contribution in [0.5, 0.6) is 0 Å². The second-order valence-electron chi connectivity index (χ2n) is 7.34. The topological polar surface area (TPSA) is 28.5 Å². The number of hydrogen-bond donors (Lipinski definition) is 0. The van der Waals surface area contributed by atoms with Gasteiger partial charge in [0.15, 0.2) is 0 Å². The average molecular weight is 325 g/mol. The van der Waals surface area contributed by atoms with Gasteiger partial charge in [0, 0.05) is 37.3 Å². The van der Waals surface area contributed by atoms with Crippen LogP contribution in [0.4, 0.5) is 0 Å². The fourth-order valence-corrected chi connectivity index (χ4v) is 3.82. The van der Waals surface area contributed by atoms with E-state index in [1.54, 1.807) is 0 Å². The van der Waals surface area contributed by atoms with Gasteiger partial charge < -0.3 is 14.4 Å². The Kier molecular flexibility index (Phi) is 4.31. The monoisotopic (exact) mass is 325 g/mol. The predicted molar refractivity (Wildman–Crippen MR) is 96.7 cm³/mol. The lowest BCUT2D eigenvalue weighted by molar-refractivity contribution is -0.133. The lowest BCUT2D eigenvalue weighted by Gasteiger charge is -2.26. The fraction of sp³-hybridized carbons (Fsp3) is 0.550. The molecule has 1 aromatic carbocycles. The van der Waals surface area contributed by atoms with Gasteiger partial charge in [0.2, 0.25) is 5.91 Å². The molecular formula is C20H27N3O. The third-order valence-electron chi connectivity index (χ3n) is 5.53. The molecule has 0 radical (unpaired) electrons. The van der Waals surface area contributed by atoms with Gasteiger partial charge in [-0.25, -0.2) is 0 Å². The van der Waals surface area contributed by atoms with E-state index in [0.29, 0.717) is 11.8 Å². The number of aromatic nitrogens is 1. The number of carbonyl (C=O) groups is 1. The Morgan fingerprint density at radius 3 is 2.67 bits per heavy atom. The van der Waals surface area contributed by atoms with Gasteiger partial charge in [-0.15, -0.1) is 0 Å². The Balaban J connectivity index is 1.51. The molecule has 1 saturated heterocycles. The molecule has 1 aliphatic carbocycles. The van der Waals surface area contributed by atoms with Crippen molar-refractivity contribution >= 4 is 16.8 Å². The quantitative estimate of drug-likeness (QED) is 0.817. The van der Waals surface area contributed by atoms with E-state index in [4.69, 9.17) is 0 Å². The minimum Gasteiger partial charge on any atom is -0.346 e. The normalized spacial score (nSPS) is 18.4. The van der Waals surface area contributed by atoms with E-state index in [1.165, 1.54) is 42.5 Å². The molecule has 0 bridgehead atoms. The second-order valence-corrected chi connectivity index (χ2v) is 7.34. The van der Waals surface area contributed by atoms with Gasteiger partial charge in [-0.05, 0) is 56.3 Å². The van der Waals surface area contributed by atoms with Crippen LogP contribution in [0.25, 0.3) is 10.9 Å². The summed E-state index contributed by atoms with van der Waals surface area (Å²) >= 11 is 0. The van der Waals surface area contributed by atoms with Crippen molar-refractivity contribution in [1.82, 2.24) is 14.4 Å². The second kappa shape index (κ2) is 6.60. The van der Waals surface area contributed by atoms with Crippen molar-refractivity contribution in [2.75, 3.05) is 26.2 Å². The number of rotatable bonds is 6. The summed E-state index contributed by atoms with van der Waals surface area (Å²) in [5.74, 6) is 0.651. The first-order valence-corrected chi connectivity index (χ1v) is 9.27. The maximum atomic E-state index is 12.7. The predicted octanol–water partition coefficient (Wildman–Crippen LogP) is 3.01. The molecule has 4 nitrogen and oxygen atoms in total. The fourth-order valence-electron chi connectivity index (χ4n) is 3.82. The minimum atomic E-state index is 0.290. The highest BCUT2D eigenvalue weighted by Crippen LogP contribution is 2.32. The van der Waals surface area contributed by atoms with E-state index in [9.17, 15) is 4.79 Å². The van der Waals surface area contributed by atoms with Crippen molar-refractivity contribution in [3.63, 3.8) is 0 Å². The largest absolute Gasteiger partial charge is 0.346 e. The van der Waals surface area contributed by atoms with Crippen molar-refractivity contribution < 1.29 is 4.79 Å². The van der Waals surface area contributed by atoms with E-state index >= 15 is 0 Å². The first-order chi connectivity index (χ1) is 11.7. The smallest absolute Gasteiger partial charge is 0.226 e. The number of amides is 1. The summed E-state index contributed by atoms with van der Waals surface area (Å²) in [6, 6.07) is 10.7. The standard InChI is InChI=1S/C20H27N3O/c1-21-18(14-17-6-2-3-7-19(17)21)15-23(20(24)16-8-9-16)13-12-22-10-4-5-11-22/h2-3,6-7,14,16H,4-5,8-13,15H2,1H3. The molecule has 2 fully saturated rings. The molecule has 0 N–H and O–H groups in total. The Morgan fingerprint density at radius 1 is 1.21 bits per heavy atom. The lowest BCUT2D eigenvalue weighted by atomic mass is 10.2.